The molecule has 0 aromatic carbocycles. The summed E-state index contributed by atoms with van der Waals surface area (Å²) in [6.07, 6.45) is 5.23. The molecule has 1 aromatic heterocycles. The average Bonchev–Trinajstić information content (AvgIpc) is 2.88. The number of aromatic amines is 1. The van der Waals surface area contributed by atoms with Crippen molar-refractivity contribution in [3.63, 3.8) is 0 Å². The summed E-state index contributed by atoms with van der Waals surface area (Å²) in [6.45, 7) is 4.24. The molecule has 1 aliphatic carbocycles. The van der Waals surface area contributed by atoms with Gasteiger partial charge in [0.1, 0.15) is 0 Å². The molecule has 2 atom stereocenters. The summed E-state index contributed by atoms with van der Waals surface area (Å²) in [5.41, 5.74) is 7.65. The smallest absolute Gasteiger partial charge is 0.274 e. The number of carbonyl (C=O) groups is 1. The van der Waals surface area contributed by atoms with Gasteiger partial charge in [0, 0.05) is 6.04 Å². The molecule has 100 valence electrons. The van der Waals surface area contributed by atoms with E-state index < -0.39 is 0 Å². The Kier molecular flexibility index (Phi) is 3.89. The van der Waals surface area contributed by atoms with Crippen LogP contribution >= 0.6 is 0 Å². The Morgan fingerprint density at radius 1 is 1.56 bits per heavy atom. The van der Waals surface area contributed by atoms with E-state index in [1.807, 2.05) is 0 Å². The van der Waals surface area contributed by atoms with Crippen LogP contribution in [-0.4, -0.2) is 22.1 Å². The Balaban J connectivity index is 2.04. The van der Waals surface area contributed by atoms with Crippen molar-refractivity contribution in [1.82, 2.24) is 15.5 Å². The first-order chi connectivity index (χ1) is 8.63. The third-order valence-corrected chi connectivity index (χ3v) is 3.78. The number of amides is 1. The van der Waals surface area contributed by atoms with E-state index in [0.29, 0.717) is 17.3 Å². The van der Waals surface area contributed by atoms with Crippen molar-refractivity contribution in [3.8, 4) is 0 Å². The average molecular weight is 250 g/mol. The summed E-state index contributed by atoms with van der Waals surface area (Å²) in [7, 11) is 0. The standard InChI is InChI=1S/C13H22N4O/c1-3-5-10-11(14)12(17-16-10)13(18)15-9-7-4-6-8(9)2/h8-9H,3-7,14H2,1-2H3,(H,15,18)(H,16,17). The van der Waals surface area contributed by atoms with Crippen LogP contribution in [0, 0.1) is 5.92 Å². The van der Waals surface area contributed by atoms with Crippen LogP contribution in [0.25, 0.3) is 0 Å². The summed E-state index contributed by atoms with van der Waals surface area (Å²) >= 11 is 0. The van der Waals surface area contributed by atoms with E-state index in [2.05, 4.69) is 29.4 Å². The fraction of sp³-hybridized carbons (Fsp3) is 0.692. The SMILES string of the molecule is CCCc1[nH]nc(C(=O)NC2CCCC2C)c1N. The molecule has 0 spiro atoms. The molecule has 4 N–H and O–H groups in total. The molecule has 2 rings (SSSR count). The molecule has 1 aliphatic rings. The number of anilines is 1. The van der Waals surface area contributed by atoms with Crippen molar-refractivity contribution in [2.75, 3.05) is 5.73 Å². The Bertz CT molecular complexity index is 427. The number of nitrogen functional groups attached to an aromatic ring is 1. The highest BCUT2D eigenvalue weighted by atomic mass is 16.2. The summed E-state index contributed by atoms with van der Waals surface area (Å²) in [4.78, 5) is 12.1. The molecule has 0 saturated heterocycles. The molecule has 0 aliphatic heterocycles. The normalized spacial score (nSPS) is 23.2. The monoisotopic (exact) mass is 250 g/mol. The van der Waals surface area contributed by atoms with Gasteiger partial charge in [-0.3, -0.25) is 9.89 Å². The number of hydrogen-bond donors (Lipinski definition) is 3. The van der Waals surface area contributed by atoms with Crippen molar-refractivity contribution in [2.24, 2.45) is 5.92 Å². The van der Waals surface area contributed by atoms with Crippen LogP contribution in [-0.2, 0) is 6.42 Å². The molecule has 2 unspecified atom stereocenters. The third kappa shape index (κ3) is 2.49. The molecule has 1 saturated carbocycles. The molecule has 0 radical (unpaired) electrons. The minimum atomic E-state index is -0.148. The Labute approximate surface area is 108 Å². The summed E-state index contributed by atoms with van der Waals surface area (Å²) in [6, 6.07) is 0.267. The first-order valence-corrected chi connectivity index (χ1v) is 6.77. The van der Waals surface area contributed by atoms with E-state index in [0.717, 1.165) is 25.0 Å². The predicted molar refractivity (Wildman–Crippen MR) is 71.3 cm³/mol. The van der Waals surface area contributed by atoms with Gasteiger partial charge in [-0.15, -0.1) is 0 Å². The molecule has 18 heavy (non-hydrogen) atoms. The molecule has 5 heteroatoms. The maximum Gasteiger partial charge on any atom is 0.274 e. The third-order valence-electron chi connectivity index (χ3n) is 3.78. The number of carbonyl (C=O) groups excluding carboxylic acids is 1. The molecule has 1 fully saturated rings. The number of nitrogens with two attached hydrogens (primary N) is 1. The lowest BCUT2D eigenvalue weighted by Gasteiger charge is -2.16. The summed E-state index contributed by atoms with van der Waals surface area (Å²) in [5, 5.41) is 9.94. The molecule has 0 bridgehead atoms. The van der Waals surface area contributed by atoms with Crippen LogP contribution in [0.15, 0.2) is 0 Å². The van der Waals surface area contributed by atoms with E-state index >= 15 is 0 Å². The summed E-state index contributed by atoms with van der Waals surface area (Å²) < 4.78 is 0. The van der Waals surface area contributed by atoms with Gasteiger partial charge in [0.25, 0.3) is 5.91 Å². The van der Waals surface area contributed by atoms with E-state index in [1.54, 1.807) is 0 Å². The maximum absolute atomic E-state index is 12.1. The van der Waals surface area contributed by atoms with Gasteiger partial charge in [-0.1, -0.05) is 26.7 Å². The Morgan fingerprint density at radius 3 is 2.94 bits per heavy atom. The van der Waals surface area contributed by atoms with E-state index in [-0.39, 0.29) is 11.9 Å². The first-order valence-electron chi connectivity index (χ1n) is 6.77. The first kappa shape index (κ1) is 12.9. The van der Waals surface area contributed by atoms with Gasteiger partial charge in [-0.05, 0) is 25.2 Å². The molecular weight excluding hydrogens is 228 g/mol. The van der Waals surface area contributed by atoms with Crippen molar-refractivity contribution < 1.29 is 4.79 Å². The molecular formula is C13H22N4O. The molecule has 1 amide bonds. The number of aryl methyl sites for hydroxylation is 1. The molecule has 1 heterocycles. The van der Waals surface area contributed by atoms with Gasteiger partial charge >= 0.3 is 0 Å². The Hall–Kier alpha value is -1.52. The zero-order valence-electron chi connectivity index (χ0n) is 11.1. The van der Waals surface area contributed by atoms with Crippen LogP contribution in [0.3, 0.4) is 0 Å². The van der Waals surface area contributed by atoms with E-state index in [4.69, 9.17) is 5.73 Å². The quantitative estimate of drug-likeness (QED) is 0.762. The van der Waals surface area contributed by atoms with Gasteiger partial charge in [0.2, 0.25) is 0 Å². The minimum absolute atomic E-state index is 0.148. The number of aromatic nitrogens is 2. The number of hydrogen-bond acceptors (Lipinski definition) is 3. The highest BCUT2D eigenvalue weighted by Gasteiger charge is 2.27. The zero-order chi connectivity index (χ0) is 13.1. The molecule has 1 aromatic rings. The second kappa shape index (κ2) is 5.42. The largest absolute Gasteiger partial charge is 0.395 e. The van der Waals surface area contributed by atoms with Gasteiger partial charge < -0.3 is 11.1 Å². The fourth-order valence-electron chi connectivity index (χ4n) is 2.60. The lowest BCUT2D eigenvalue weighted by Crippen LogP contribution is -2.36. The summed E-state index contributed by atoms with van der Waals surface area (Å²) in [5.74, 6) is 0.397. The van der Waals surface area contributed by atoms with E-state index in [1.165, 1.54) is 12.8 Å². The second-order valence-electron chi connectivity index (χ2n) is 5.20. The zero-order valence-corrected chi connectivity index (χ0v) is 11.1. The van der Waals surface area contributed by atoms with Crippen LogP contribution in [0.1, 0.15) is 55.7 Å². The number of H-pyrrole nitrogens is 1. The lowest BCUT2D eigenvalue weighted by atomic mass is 10.1. The maximum atomic E-state index is 12.1. The topological polar surface area (TPSA) is 83.8 Å². The van der Waals surface area contributed by atoms with Crippen LogP contribution in [0.4, 0.5) is 5.69 Å². The van der Waals surface area contributed by atoms with Crippen molar-refractivity contribution in [2.45, 2.75) is 52.0 Å². The fourth-order valence-corrected chi connectivity index (χ4v) is 2.60. The highest BCUT2D eigenvalue weighted by Crippen LogP contribution is 2.25. The van der Waals surface area contributed by atoms with Gasteiger partial charge in [-0.2, -0.15) is 5.10 Å². The Morgan fingerprint density at radius 2 is 2.33 bits per heavy atom. The lowest BCUT2D eigenvalue weighted by molar-refractivity contribution is 0.0925. The van der Waals surface area contributed by atoms with Gasteiger partial charge in [0.15, 0.2) is 5.69 Å². The molecule has 5 nitrogen and oxygen atoms in total. The second-order valence-corrected chi connectivity index (χ2v) is 5.20. The predicted octanol–water partition coefficient (Wildman–Crippen LogP) is 1.86. The van der Waals surface area contributed by atoms with Crippen molar-refractivity contribution >= 4 is 11.6 Å². The number of nitrogens with one attached hydrogen (secondary N) is 2. The van der Waals surface area contributed by atoms with Crippen molar-refractivity contribution in [1.29, 1.82) is 0 Å². The van der Waals surface area contributed by atoms with Gasteiger partial charge in [-0.25, -0.2) is 0 Å². The van der Waals surface area contributed by atoms with E-state index in [9.17, 15) is 4.79 Å². The number of rotatable bonds is 4. The van der Waals surface area contributed by atoms with Crippen LogP contribution < -0.4 is 11.1 Å². The minimum Gasteiger partial charge on any atom is -0.395 e. The highest BCUT2D eigenvalue weighted by molar-refractivity contribution is 5.97. The van der Waals surface area contributed by atoms with Crippen molar-refractivity contribution in [3.05, 3.63) is 11.4 Å². The van der Waals surface area contributed by atoms with Crippen LogP contribution in [0.5, 0.6) is 0 Å². The van der Waals surface area contributed by atoms with Crippen LogP contribution in [0.2, 0.25) is 0 Å². The van der Waals surface area contributed by atoms with Gasteiger partial charge in [0.05, 0.1) is 11.4 Å². The number of nitrogens with zero attached hydrogens (tertiary/aromatic N) is 1.